The van der Waals surface area contributed by atoms with Crippen molar-refractivity contribution in [3.8, 4) is 11.5 Å². The van der Waals surface area contributed by atoms with Crippen LogP contribution in [-0.2, 0) is 22.7 Å². The number of hydrogen-bond acceptors (Lipinski definition) is 6. The third-order valence-electron chi connectivity index (χ3n) is 7.74. The third kappa shape index (κ3) is 8.03. The van der Waals surface area contributed by atoms with E-state index < -0.39 is 0 Å². The number of fused-ring (bicyclic) bond motifs is 1. The van der Waals surface area contributed by atoms with Crippen LogP contribution in [0.25, 0.3) is 0 Å². The highest BCUT2D eigenvalue weighted by atomic mass is 16.5. The molecule has 0 N–H and O–H groups in total. The van der Waals surface area contributed by atoms with Gasteiger partial charge in [0.15, 0.2) is 0 Å². The van der Waals surface area contributed by atoms with Crippen LogP contribution in [0.2, 0.25) is 0 Å². The second-order valence-corrected chi connectivity index (χ2v) is 10.6. The van der Waals surface area contributed by atoms with E-state index in [2.05, 4.69) is 15.9 Å². The molecule has 0 fully saturated rings. The SMILES string of the molecule is CCOc1ccccc1CN1CCCN(C(C)=O)c2ccccc2CN(C(=O)CCN(C)c2ccccc2OC)CC1. The number of nitrogens with zero attached hydrogens (tertiary/aromatic N) is 4. The van der Waals surface area contributed by atoms with Gasteiger partial charge in [-0.2, -0.15) is 0 Å². The van der Waals surface area contributed by atoms with Crippen molar-refractivity contribution in [3.05, 3.63) is 83.9 Å². The van der Waals surface area contributed by atoms with Gasteiger partial charge in [0.25, 0.3) is 0 Å². The van der Waals surface area contributed by atoms with E-state index in [9.17, 15) is 9.59 Å². The van der Waals surface area contributed by atoms with E-state index in [4.69, 9.17) is 9.47 Å². The van der Waals surface area contributed by atoms with Gasteiger partial charge in [0.2, 0.25) is 11.8 Å². The van der Waals surface area contributed by atoms with Crippen molar-refractivity contribution >= 4 is 23.2 Å². The zero-order valence-electron chi connectivity index (χ0n) is 25.4. The molecule has 1 aliphatic heterocycles. The van der Waals surface area contributed by atoms with E-state index in [1.165, 1.54) is 0 Å². The highest BCUT2D eigenvalue weighted by Gasteiger charge is 2.23. The van der Waals surface area contributed by atoms with Gasteiger partial charge >= 0.3 is 0 Å². The summed E-state index contributed by atoms with van der Waals surface area (Å²) in [6, 6.07) is 23.9. The van der Waals surface area contributed by atoms with Crippen molar-refractivity contribution in [1.29, 1.82) is 0 Å². The zero-order valence-corrected chi connectivity index (χ0v) is 25.4. The van der Waals surface area contributed by atoms with E-state index in [0.29, 0.717) is 45.8 Å². The monoisotopic (exact) mass is 572 g/mol. The van der Waals surface area contributed by atoms with Crippen LogP contribution in [0.1, 0.15) is 37.8 Å². The number of rotatable bonds is 9. The topological polar surface area (TPSA) is 65.6 Å². The Labute approximate surface area is 250 Å². The summed E-state index contributed by atoms with van der Waals surface area (Å²) in [5.74, 6) is 1.75. The Morgan fingerprint density at radius 2 is 1.60 bits per heavy atom. The van der Waals surface area contributed by atoms with Gasteiger partial charge in [-0.15, -0.1) is 0 Å². The lowest BCUT2D eigenvalue weighted by Gasteiger charge is -2.29. The van der Waals surface area contributed by atoms with Crippen LogP contribution >= 0.6 is 0 Å². The average Bonchev–Trinajstić information content (AvgIpc) is 3.04. The van der Waals surface area contributed by atoms with Gasteiger partial charge in [0, 0.05) is 77.5 Å². The first-order chi connectivity index (χ1) is 20.4. The first-order valence-electron chi connectivity index (χ1n) is 14.8. The molecule has 0 radical (unpaired) electrons. The molecular formula is C34H44N4O4. The number of carbonyl (C=O) groups excluding carboxylic acids is 2. The van der Waals surface area contributed by atoms with Crippen LogP contribution < -0.4 is 19.3 Å². The standard InChI is InChI=1S/C34H44N4O4/c1-5-42-32-17-10-7-14-29(32)25-36-20-12-21-38(27(2)39)30-15-8-6-13-28(30)26-37(24-23-36)34(40)19-22-35(3)31-16-9-11-18-33(31)41-4/h6-11,13-18H,5,12,19-26H2,1-4H3. The lowest BCUT2D eigenvalue weighted by Crippen LogP contribution is -2.39. The molecule has 3 aromatic rings. The van der Waals surface area contributed by atoms with Gasteiger partial charge in [-0.3, -0.25) is 14.5 Å². The summed E-state index contributed by atoms with van der Waals surface area (Å²) in [7, 11) is 3.64. The minimum absolute atomic E-state index is 0.00579. The first-order valence-corrected chi connectivity index (χ1v) is 14.8. The minimum atomic E-state index is 0.00579. The third-order valence-corrected chi connectivity index (χ3v) is 7.74. The van der Waals surface area contributed by atoms with Crippen molar-refractivity contribution < 1.29 is 19.1 Å². The molecule has 0 aliphatic carbocycles. The normalized spacial score (nSPS) is 14.5. The van der Waals surface area contributed by atoms with Crippen LogP contribution in [0.15, 0.2) is 72.8 Å². The van der Waals surface area contributed by atoms with E-state index >= 15 is 0 Å². The van der Waals surface area contributed by atoms with Gasteiger partial charge in [0.05, 0.1) is 19.4 Å². The smallest absolute Gasteiger partial charge is 0.224 e. The van der Waals surface area contributed by atoms with Crippen LogP contribution in [0.3, 0.4) is 0 Å². The summed E-state index contributed by atoms with van der Waals surface area (Å²) in [5, 5.41) is 0. The Hall–Kier alpha value is -4.04. The summed E-state index contributed by atoms with van der Waals surface area (Å²) in [6.45, 7) is 8.65. The molecule has 1 heterocycles. The predicted octanol–water partition coefficient (Wildman–Crippen LogP) is 5.21. The number of amides is 2. The van der Waals surface area contributed by atoms with Gasteiger partial charge in [-0.05, 0) is 43.2 Å². The number of hydrogen-bond donors (Lipinski definition) is 0. The minimum Gasteiger partial charge on any atom is -0.495 e. The van der Waals surface area contributed by atoms with E-state index in [1.807, 2.05) is 90.5 Å². The van der Waals surface area contributed by atoms with Gasteiger partial charge in [-0.1, -0.05) is 48.5 Å². The Kier molecular flexibility index (Phi) is 11.2. The number of anilines is 2. The molecule has 8 nitrogen and oxygen atoms in total. The predicted molar refractivity (Wildman–Crippen MR) is 168 cm³/mol. The molecular weight excluding hydrogens is 528 g/mol. The number of para-hydroxylation sites is 4. The fourth-order valence-corrected chi connectivity index (χ4v) is 5.50. The number of ether oxygens (including phenoxy) is 2. The zero-order chi connectivity index (χ0) is 29.9. The van der Waals surface area contributed by atoms with Crippen molar-refractivity contribution in [2.24, 2.45) is 0 Å². The molecule has 0 aromatic heterocycles. The highest BCUT2D eigenvalue weighted by molar-refractivity contribution is 5.92. The van der Waals surface area contributed by atoms with E-state index in [-0.39, 0.29) is 11.8 Å². The van der Waals surface area contributed by atoms with Crippen LogP contribution in [-0.4, -0.2) is 75.1 Å². The fourth-order valence-electron chi connectivity index (χ4n) is 5.50. The lowest BCUT2D eigenvalue weighted by atomic mass is 10.1. The van der Waals surface area contributed by atoms with Crippen molar-refractivity contribution in [1.82, 2.24) is 9.80 Å². The highest BCUT2D eigenvalue weighted by Crippen LogP contribution is 2.28. The van der Waals surface area contributed by atoms with Crippen molar-refractivity contribution in [2.45, 2.75) is 39.8 Å². The summed E-state index contributed by atoms with van der Waals surface area (Å²) in [4.78, 5) is 34.8. The largest absolute Gasteiger partial charge is 0.495 e. The van der Waals surface area contributed by atoms with Crippen molar-refractivity contribution in [3.63, 3.8) is 0 Å². The molecule has 42 heavy (non-hydrogen) atoms. The Morgan fingerprint density at radius 1 is 0.881 bits per heavy atom. The molecule has 4 rings (SSSR count). The van der Waals surface area contributed by atoms with Gasteiger partial charge in [0.1, 0.15) is 11.5 Å². The molecule has 1 aliphatic rings. The number of carbonyl (C=O) groups is 2. The molecule has 0 saturated heterocycles. The Balaban J connectivity index is 1.57. The second-order valence-electron chi connectivity index (χ2n) is 10.6. The molecule has 0 bridgehead atoms. The summed E-state index contributed by atoms with van der Waals surface area (Å²) in [6.07, 6.45) is 1.18. The molecule has 0 saturated carbocycles. The molecule has 224 valence electrons. The molecule has 0 atom stereocenters. The maximum Gasteiger partial charge on any atom is 0.224 e. The van der Waals surface area contributed by atoms with Gasteiger partial charge in [-0.25, -0.2) is 0 Å². The number of methoxy groups -OCH3 is 1. The second kappa shape index (κ2) is 15.3. The Morgan fingerprint density at radius 3 is 2.36 bits per heavy atom. The quantitative estimate of drug-likeness (QED) is 0.351. The molecule has 2 amide bonds. The maximum absolute atomic E-state index is 13.8. The summed E-state index contributed by atoms with van der Waals surface area (Å²) >= 11 is 0. The summed E-state index contributed by atoms with van der Waals surface area (Å²) < 4.78 is 11.4. The molecule has 0 unspecified atom stereocenters. The van der Waals surface area contributed by atoms with E-state index in [1.54, 1.807) is 14.0 Å². The summed E-state index contributed by atoms with van der Waals surface area (Å²) in [5.41, 5.74) is 3.93. The van der Waals surface area contributed by atoms with Crippen LogP contribution in [0.5, 0.6) is 11.5 Å². The van der Waals surface area contributed by atoms with Gasteiger partial charge < -0.3 is 24.2 Å². The molecule has 8 heteroatoms. The average molecular weight is 573 g/mol. The fraction of sp³-hybridized carbons (Fsp3) is 0.412. The Bertz CT molecular complexity index is 1330. The molecule has 0 spiro atoms. The first kappa shape index (κ1) is 30.9. The molecule has 3 aromatic carbocycles. The van der Waals surface area contributed by atoms with Crippen molar-refractivity contribution in [2.75, 3.05) is 63.3 Å². The van der Waals surface area contributed by atoms with E-state index in [0.717, 1.165) is 53.5 Å². The number of benzene rings is 3. The van der Waals surface area contributed by atoms with Crippen LogP contribution in [0, 0.1) is 0 Å². The lowest BCUT2D eigenvalue weighted by molar-refractivity contribution is -0.131. The van der Waals surface area contributed by atoms with Crippen LogP contribution in [0.4, 0.5) is 11.4 Å². The maximum atomic E-state index is 13.8.